The fourth-order valence-electron chi connectivity index (χ4n) is 3.35. The summed E-state index contributed by atoms with van der Waals surface area (Å²) in [7, 11) is 0. The molecule has 5 nitrogen and oxygen atoms in total. The maximum absolute atomic E-state index is 12.5. The fourth-order valence-corrected chi connectivity index (χ4v) is 3.35. The fraction of sp³-hybridized carbons (Fsp3) is 0.857. The molecule has 1 aliphatic carbocycles. The van der Waals surface area contributed by atoms with Gasteiger partial charge in [0.25, 0.3) is 0 Å². The summed E-state index contributed by atoms with van der Waals surface area (Å²) in [5.41, 5.74) is 0.133. The number of hydrogen-bond donors (Lipinski definition) is 1. The molecule has 2 amide bonds. The van der Waals surface area contributed by atoms with Gasteiger partial charge in [0.05, 0.1) is 6.07 Å². The molecule has 19 heavy (non-hydrogen) atoms. The van der Waals surface area contributed by atoms with Crippen molar-refractivity contribution < 1.29 is 4.79 Å². The van der Waals surface area contributed by atoms with Crippen LogP contribution in [0.3, 0.4) is 0 Å². The van der Waals surface area contributed by atoms with Gasteiger partial charge in [0.15, 0.2) is 0 Å². The molecule has 5 heteroatoms. The lowest BCUT2D eigenvalue weighted by molar-refractivity contribution is 0.160. The minimum absolute atomic E-state index is 0.133. The highest BCUT2D eigenvalue weighted by molar-refractivity contribution is 5.77. The molecule has 2 saturated heterocycles. The molecule has 0 aromatic heterocycles. The van der Waals surface area contributed by atoms with Gasteiger partial charge < -0.3 is 15.1 Å². The van der Waals surface area contributed by atoms with Crippen LogP contribution in [-0.4, -0.2) is 54.6 Å². The quantitative estimate of drug-likeness (QED) is 0.827. The van der Waals surface area contributed by atoms with Crippen molar-refractivity contribution in [3.8, 4) is 6.07 Å². The summed E-state index contributed by atoms with van der Waals surface area (Å²) < 4.78 is 0. The van der Waals surface area contributed by atoms with E-state index in [1.54, 1.807) is 0 Å². The first-order valence-corrected chi connectivity index (χ1v) is 7.37. The van der Waals surface area contributed by atoms with Gasteiger partial charge in [-0.1, -0.05) is 0 Å². The van der Waals surface area contributed by atoms with Gasteiger partial charge in [0.1, 0.15) is 0 Å². The zero-order valence-electron chi connectivity index (χ0n) is 11.4. The van der Waals surface area contributed by atoms with Crippen molar-refractivity contribution in [1.29, 1.82) is 5.26 Å². The van der Waals surface area contributed by atoms with Crippen LogP contribution in [0.15, 0.2) is 0 Å². The van der Waals surface area contributed by atoms with Crippen molar-refractivity contribution in [1.82, 2.24) is 15.1 Å². The number of hydrogen-bond acceptors (Lipinski definition) is 3. The average Bonchev–Trinajstić information content (AvgIpc) is 3.09. The number of urea groups is 1. The third-order valence-corrected chi connectivity index (χ3v) is 4.81. The Hall–Kier alpha value is -1.28. The van der Waals surface area contributed by atoms with Crippen molar-refractivity contribution in [2.75, 3.05) is 32.7 Å². The van der Waals surface area contributed by atoms with E-state index in [-0.39, 0.29) is 11.4 Å². The first-order chi connectivity index (χ1) is 9.24. The molecular weight excluding hydrogens is 240 g/mol. The van der Waals surface area contributed by atoms with Crippen LogP contribution in [-0.2, 0) is 0 Å². The summed E-state index contributed by atoms with van der Waals surface area (Å²) in [6.45, 7) is 4.54. The molecule has 1 saturated carbocycles. The zero-order valence-corrected chi connectivity index (χ0v) is 11.4. The van der Waals surface area contributed by atoms with Gasteiger partial charge in [0.2, 0.25) is 0 Å². The van der Waals surface area contributed by atoms with Gasteiger partial charge >= 0.3 is 6.03 Å². The molecule has 3 fully saturated rings. The lowest BCUT2D eigenvalue weighted by Gasteiger charge is -2.31. The molecule has 2 aliphatic heterocycles. The Kier molecular flexibility index (Phi) is 3.36. The number of carbonyl (C=O) groups excluding carboxylic acids is 1. The number of carbonyl (C=O) groups is 1. The molecule has 104 valence electrons. The van der Waals surface area contributed by atoms with E-state index in [9.17, 15) is 4.79 Å². The van der Waals surface area contributed by atoms with Crippen molar-refractivity contribution >= 4 is 6.03 Å². The van der Waals surface area contributed by atoms with Crippen LogP contribution in [0.2, 0.25) is 0 Å². The number of rotatable bonds is 4. The molecule has 3 rings (SSSR count). The zero-order chi connectivity index (χ0) is 13.3. The first kappa shape index (κ1) is 12.7. The molecule has 0 aromatic rings. The highest BCUT2D eigenvalue weighted by Gasteiger charge is 2.46. The molecule has 0 bridgehead atoms. The summed E-state index contributed by atoms with van der Waals surface area (Å²) in [6.07, 6.45) is 4.96. The number of piperidine rings is 1. The maximum atomic E-state index is 12.5. The standard InChI is InChI=1S/C14H22N4O/c15-6-5-14(3-4-14)11-17-9-10-18(13(17)19)12-1-7-16-8-2-12/h12,16H,1-5,7-11H2. The van der Waals surface area contributed by atoms with Gasteiger partial charge in [-0.05, 0) is 38.8 Å². The van der Waals surface area contributed by atoms with E-state index in [1.807, 2.05) is 4.90 Å². The Bertz CT molecular complexity index is 393. The van der Waals surface area contributed by atoms with Gasteiger partial charge in [-0.3, -0.25) is 0 Å². The third-order valence-electron chi connectivity index (χ3n) is 4.81. The molecule has 0 radical (unpaired) electrons. The van der Waals surface area contributed by atoms with Gasteiger partial charge in [-0.25, -0.2) is 4.79 Å². The van der Waals surface area contributed by atoms with E-state index in [0.717, 1.165) is 58.4 Å². The van der Waals surface area contributed by atoms with Crippen molar-refractivity contribution in [3.05, 3.63) is 0 Å². The number of nitriles is 1. The smallest absolute Gasteiger partial charge is 0.320 e. The summed E-state index contributed by atoms with van der Waals surface area (Å²) in [4.78, 5) is 16.5. The Morgan fingerprint density at radius 2 is 2.05 bits per heavy atom. The topological polar surface area (TPSA) is 59.4 Å². The van der Waals surface area contributed by atoms with E-state index in [0.29, 0.717) is 12.5 Å². The van der Waals surface area contributed by atoms with E-state index in [2.05, 4.69) is 16.3 Å². The third kappa shape index (κ3) is 2.55. The van der Waals surface area contributed by atoms with Crippen LogP contribution in [0, 0.1) is 16.7 Å². The predicted molar refractivity (Wildman–Crippen MR) is 71.5 cm³/mol. The number of nitrogens with zero attached hydrogens (tertiary/aromatic N) is 3. The second-order valence-electron chi connectivity index (χ2n) is 6.21. The lowest BCUT2D eigenvalue weighted by atomic mass is 10.0. The second-order valence-corrected chi connectivity index (χ2v) is 6.21. The van der Waals surface area contributed by atoms with Gasteiger partial charge in [-0.15, -0.1) is 0 Å². The normalized spacial score (nSPS) is 26.6. The molecule has 1 N–H and O–H groups in total. The van der Waals surface area contributed by atoms with Gasteiger partial charge in [-0.2, -0.15) is 5.26 Å². The van der Waals surface area contributed by atoms with Crippen molar-refractivity contribution in [2.24, 2.45) is 5.41 Å². The van der Waals surface area contributed by atoms with Gasteiger partial charge in [0, 0.05) is 37.5 Å². The van der Waals surface area contributed by atoms with E-state index in [1.165, 1.54) is 0 Å². The minimum Gasteiger partial charge on any atom is -0.322 e. The average molecular weight is 262 g/mol. The molecule has 0 unspecified atom stereocenters. The summed E-state index contributed by atoms with van der Waals surface area (Å²) in [5, 5.41) is 12.2. The number of amides is 2. The second kappa shape index (κ2) is 5.01. The molecule has 0 atom stereocenters. The van der Waals surface area contributed by atoms with Crippen LogP contribution in [0.25, 0.3) is 0 Å². The SMILES string of the molecule is N#CCC1(CN2CCN(C3CCNCC3)C2=O)CC1. The largest absolute Gasteiger partial charge is 0.322 e. The highest BCUT2D eigenvalue weighted by atomic mass is 16.2. The first-order valence-electron chi connectivity index (χ1n) is 7.37. The monoisotopic (exact) mass is 262 g/mol. The molecule has 0 aromatic carbocycles. The number of nitrogens with one attached hydrogen (secondary N) is 1. The van der Waals surface area contributed by atoms with Crippen LogP contribution >= 0.6 is 0 Å². The van der Waals surface area contributed by atoms with E-state index >= 15 is 0 Å². The molecular formula is C14H22N4O. The predicted octanol–water partition coefficient (Wildman–Crippen LogP) is 1.17. The Balaban J connectivity index is 1.58. The molecule has 3 aliphatic rings. The lowest BCUT2D eigenvalue weighted by Crippen LogP contribution is -2.45. The Morgan fingerprint density at radius 1 is 1.32 bits per heavy atom. The molecule has 2 heterocycles. The summed E-state index contributed by atoms with van der Waals surface area (Å²) in [5.74, 6) is 0. The van der Waals surface area contributed by atoms with Crippen LogP contribution in [0.5, 0.6) is 0 Å². The molecule has 0 spiro atoms. The van der Waals surface area contributed by atoms with E-state index < -0.39 is 0 Å². The Morgan fingerprint density at radius 3 is 2.68 bits per heavy atom. The van der Waals surface area contributed by atoms with Crippen LogP contribution in [0.4, 0.5) is 4.79 Å². The van der Waals surface area contributed by atoms with Crippen molar-refractivity contribution in [3.63, 3.8) is 0 Å². The maximum Gasteiger partial charge on any atom is 0.320 e. The minimum atomic E-state index is 0.133. The van der Waals surface area contributed by atoms with Crippen LogP contribution in [0.1, 0.15) is 32.1 Å². The van der Waals surface area contributed by atoms with E-state index in [4.69, 9.17) is 5.26 Å². The van der Waals surface area contributed by atoms with Crippen molar-refractivity contribution in [2.45, 2.75) is 38.1 Å². The summed E-state index contributed by atoms with van der Waals surface area (Å²) >= 11 is 0. The van der Waals surface area contributed by atoms with Crippen LogP contribution < -0.4 is 5.32 Å². The Labute approximate surface area is 114 Å². The summed E-state index contributed by atoms with van der Waals surface area (Å²) in [6, 6.07) is 2.90. The highest BCUT2D eigenvalue weighted by Crippen LogP contribution is 2.49.